The number of rotatable bonds is 4. The first-order chi connectivity index (χ1) is 11.8. The fourth-order valence-corrected chi connectivity index (χ4v) is 4.41. The minimum Gasteiger partial charge on any atom is -0.350 e. The van der Waals surface area contributed by atoms with Crippen LogP contribution in [0.3, 0.4) is 0 Å². The van der Waals surface area contributed by atoms with Gasteiger partial charge in [0.05, 0.1) is 18.5 Å². The van der Waals surface area contributed by atoms with Gasteiger partial charge in [0.15, 0.2) is 3.95 Å². The predicted octanol–water partition coefficient (Wildman–Crippen LogP) is 2.88. The maximum absolute atomic E-state index is 13.2. The highest BCUT2D eigenvalue weighted by molar-refractivity contribution is 7.73. The maximum Gasteiger partial charge on any atom is 0.225 e. The van der Waals surface area contributed by atoms with E-state index in [0.717, 1.165) is 16.1 Å². The van der Waals surface area contributed by atoms with Gasteiger partial charge in [0, 0.05) is 24.0 Å². The molecule has 0 spiro atoms. The number of likely N-dealkylation sites (tertiary alicyclic amines) is 1. The molecule has 0 bridgehead atoms. The highest BCUT2D eigenvalue weighted by Gasteiger charge is 2.39. The topological polar surface area (TPSA) is 65.2 Å². The molecule has 2 heterocycles. The molecule has 8 heteroatoms. The van der Waals surface area contributed by atoms with Crippen LogP contribution in [0.15, 0.2) is 24.3 Å². The van der Waals surface area contributed by atoms with Gasteiger partial charge >= 0.3 is 0 Å². The molecule has 2 aromatic rings. The summed E-state index contributed by atoms with van der Waals surface area (Å²) < 4.78 is 13.8. The molecule has 5 nitrogen and oxygen atoms in total. The summed E-state index contributed by atoms with van der Waals surface area (Å²) >= 11 is 6.47. The largest absolute Gasteiger partial charge is 0.350 e. The molecular formula is C17H18FN3O2S2. The Kier molecular flexibility index (Phi) is 5.01. The summed E-state index contributed by atoms with van der Waals surface area (Å²) in [5, 5.41) is 2.95. The highest BCUT2D eigenvalue weighted by atomic mass is 32.1. The van der Waals surface area contributed by atoms with Crippen LogP contribution in [-0.4, -0.2) is 34.8 Å². The van der Waals surface area contributed by atoms with Crippen molar-refractivity contribution in [2.45, 2.75) is 31.8 Å². The summed E-state index contributed by atoms with van der Waals surface area (Å²) in [6, 6.07) is 5.37. The van der Waals surface area contributed by atoms with E-state index in [1.807, 2.05) is 6.92 Å². The third-order valence-electron chi connectivity index (χ3n) is 4.39. The van der Waals surface area contributed by atoms with Crippen molar-refractivity contribution in [2.24, 2.45) is 0 Å². The third-order valence-corrected chi connectivity index (χ3v) is 5.73. The molecule has 0 unspecified atom stereocenters. The molecule has 132 valence electrons. The lowest BCUT2D eigenvalue weighted by molar-refractivity contribution is -0.127. The zero-order valence-electron chi connectivity index (χ0n) is 13.8. The van der Waals surface area contributed by atoms with Gasteiger partial charge in [0.1, 0.15) is 5.82 Å². The molecular weight excluding hydrogens is 361 g/mol. The first-order valence-corrected chi connectivity index (χ1v) is 9.06. The van der Waals surface area contributed by atoms with Crippen LogP contribution < -0.4 is 5.32 Å². The van der Waals surface area contributed by atoms with Gasteiger partial charge in [-0.05, 0) is 36.8 Å². The number of likely N-dealkylation sites (N-methyl/N-ethyl adjacent to an activating group) is 1. The molecule has 2 atom stereocenters. The van der Waals surface area contributed by atoms with Gasteiger partial charge in [0.2, 0.25) is 11.8 Å². The second kappa shape index (κ2) is 7.05. The molecule has 1 aromatic carbocycles. The van der Waals surface area contributed by atoms with Crippen molar-refractivity contribution in [3.63, 3.8) is 0 Å². The van der Waals surface area contributed by atoms with E-state index in [4.69, 9.17) is 12.2 Å². The summed E-state index contributed by atoms with van der Waals surface area (Å²) in [5.74, 6) is -0.540. The second-order valence-corrected chi connectivity index (χ2v) is 7.89. The molecule has 2 amide bonds. The van der Waals surface area contributed by atoms with Crippen molar-refractivity contribution in [1.82, 2.24) is 15.2 Å². The van der Waals surface area contributed by atoms with E-state index in [0.29, 0.717) is 3.95 Å². The van der Waals surface area contributed by atoms with E-state index in [-0.39, 0.29) is 42.6 Å². The van der Waals surface area contributed by atoms with Gasteiger partial charge in [-0.15, -0.1) is 11.3 Å². The van der Waals surface area contributed by atoms with Crippen LogP contribution in [0.4, 0.5) is 4.39 Å². The number of H-pyrrole nitrogens is 1. The Hall–Kier alpha value is -2.06. The van der Waals surface area contributed by atoms with Gasteiger partial charge in [-0.3, -0.25) is 9.59 Å². The quantitative estimate of drug-likeness (QED) is 0.803. The number of amides is 2. The van der Waals surface area contributed by atoms with Gasteiger partial charge < -0.3 is 15.2 Å². The zero-order valence-corrected chi connectivity index (χ0v) is 15.5. The Balaban J connectivity index is 1.76. The van der Waals surface area contributed by atoms with Gasteiger partial charge in [-0.25, -0.2) is 4.39 Å². The fourth-order valence-electron chi connectivity index (χ4n) is 3.12. The standard InChI is InChI=1S/C17H18FN3O2S2/c1-9-13(25-17(24)19-9)8-14(22)20-12-7-15(23)21(2)16(12)10-3-5-11(18)6-4-10/h3-6,12,16H,7-8H2,1-2H3,(H,19,24)(H,20,22)/t12-,16+/m0/s1. The number of aryl methyl sites for hydroxylation is 1. The summed E-state index contributed by atoms with van der Waals surface area (Å²) in [7, 11) is 1.70. The lowest BCUT2D eigenvalue weighted by Gasteiger charge is -2.26. The molecule has 1 saturated heterocycles. The van der Waals surface area contributed by atoms with Crippen LogP contribution in [0.25, 0.3) is 0 Å². The average Bonchev–Trinajstić information content (AvgIpc) is 2.99. The number of nitrogens with zero attached hydrogens (tertiary/aromatic N) is 1. The maximum atomic E-state index is 13.2. The monoisotopic (exact) mass is 379 g/mol. The number of aromatic amines is 1. The molecule has 3 rings (SSSR count). The lowest BCUT2D eigenvalue weighted by Crippen LogP contribution is -2.39. The smallest absolute Gasteiger partial charge is 0.225 e. The molecule has 0 saturated carbocycles. The van der Waals surface area contributed by atoms with E-state index < -0.39 is 0 Å². The number of aromatic nitrogens is 1. The highest BCUT2D eigenvalue weighted by Crippen LogP contribution is 2.32. The Bertz CT molecular complexity index is 860. The van der Waals surface area contributed by atoms with Crippen molar-refractivity contribution in [3.05, 3.63) is 50.2 Å². The number of benzene rings is 1. The Morgan fingerprint density at radius 3 is 2.72 bits per heavy atom. The summed E-state index contributed by atoms with van der Waals surface area (Å²) in [5.41, 5.74) is 1.69. The zero-order chi connectivity index (χ0) is 18.1. The van der Waals surface area contributed by atoms with Gasteiger partial charge in [-0.2, -0.15) is 0 Å². The van der Waals surface area contributed by atoms with Crippen molar-refractivity contribution in [2.75, 3.05) is 7.05 Å². The Morgan fingerprint density at radius 1 is 1.44 bits per heavy atom. The van der Waals surface area contributed by atoms with Crippen LogP contribution in [0.2, 0.25) is 0 Å². The molecule has 1 fully saturated rings. The van der Waals surface area contributed by atoms with Crippen molar-refractivity contribution in [3.8, 4) is 0 Å². The number of nitrogens with one attached hydrogen (secondary N) is 2. The van der Waals surface area contributed by atoms with Crippen molar-refractivity contribution < 1.29 is 14.0 Å². The number of thiazole rings is 1. The third kappa shape index (κ3) is 3.80. The Morgan fingerprint density at radius 2 is 2.12 bits per heavy atom. The predicted molar refractivity (Wildman–Crippen MR) is 96.4 cm³/mol. The molecule has 2 N–H and O–H groups in total. The minimum atomic E-state index is -0.345. The van der Waals surface area contributed by atoms with Crippen LogP contribution >= 0.6 is 23.6 Å². The lowest BCUT2D eigenvalue weighted by atomic mass is 10.00. The average molecular weight is 379 g/mol. The van der Waals surface area contributed by atoms with E-state index in [1.165, 1.54) is 23.5 Å². The van der Waals surface area contributed by atoms with Crippen LogP contribution in [-0.2, 0) is 16.0 Å². The number of halogens is 1. The van der Waals surface area contributed by atoms with E-state index >= 15 is 0 Å². The van der Waals surface area contributed by atoms with E-state index in [2.05, 4.69) is 10.3 Å². The van der Waals surface area contributed by atoms with Gasteiger partial charge in [0.25, 0.3) is 0 Å². The van der Waals surface area contributed by atoms with E-state index in [1.54, 1.807) is 24.1 Å². The normalized spacial score (nSPS) is 20.1. The molecule has 1 aromatic heterocycles. The number of hydrogen-bond donors (Lipinski definition) is 2. The first kappa shape index (κ1) is 17.8. The molecule has 1 aliphatic rings. The number of hydrogen-bond acceptors (Lipinski definition) is 4. The van der Waals surface area contributed by atoms with Crippen molar-refractivity contribution in [1.29, 1.82) is 0 Å². The molecule has 1 aliphatic heterocycles. The second-order valence-electron chi connectivity index (χ2n) is 6.12. The SMILES string of the molecule is Cc1[nH]c(=S)sc1CC(=O)N[C@H]1CC(=O)N(C)[C@@H]1c1ccc(F)cc1. The van der Waals surface area contributed by atoms with Gasteiger partial charge in [-0.1, -0.05) is 12.1 Å². The number of carbonyl (C=O) groups is 2. The Labute approximate surface area is 153 Å². The summed E-state index contributed by atoms with van der Waals surface area (Å²) in [4.78, 5) is 30.1. The first-order valence-electron chi connectivity index (χ1n) is 7.84. The minimum absolute atomic E-state index is 0.0480. The molecule has 0 radical (unpaired) electrons. The fraction of sp³-hybridized carbons (Fsp3) is 0.353. The van der Waals surface area contributed by atoms with Crippen LogP contribution in [0, 0.1) is 16.7 Å². The van der Waals surface area contributed by atoms with E-state index in [9.17, 15) is 14.0 Å². The number of carbonyl (C=O) groups excluding carboxylic acids is 2. The summed E-state index contributed by atoms with van der Waals surface area (Å²) in [6.07, 6.45) is 0.445. The molecule has 0 aliphatic carbocycles. The van der Waals surface area contributed by atoms with Crippen molar-refractivity contribution >= 4 is 35.4 Å². The summed E-state index contributed by atoms with van der Waals surface area (Å²) in [6.45, 7) is 1.88. The van der Waals surface area contributed by atoms with Crippen LogP contribution in [0.1, 0.15) is 28.6 Å². The molecule has 25 heavy (non-hydrogen) atoms. The van der Waals surface area contributed by atoms with Crippen LogP contribution in [0.5, 0.6) is 0 Å².